The van der Waals surface area contributed by atoms with E-state index in [1.54, 1.807) is 0 Å². The summed E-state index contributed by atoms with van der Waals surface area (Å²) < 4.78 is 5.69. The molecule has 0 bridgehead atoms. The lowest BCUT2D eigenvalue weighted by molar-refractivity contribution is 0.309. The van der Waals surface area contributed by atoms with E-state index in [0.717, 1.165) is 59.3 Å². The average Bonchev–Trinajstić information content (AvgIpc) is 2.89. The van der Waals surface area contributed by atoms with E-state index < -0.39 is 0 Å². The first-order valence-corrected chi connectivity index (χ1v) is 7.99. The second kappa shape index (κ2) is 6.69. The van der Waals surface area contributed by atoms with Crippen LogP contribution in [0.15, 0.2) is 30.3 Å². The lowest BCUT2D eigenvalue weighted by Crippen LogP contribution is -1.99. The second-order valence-electron chi connectivity index (χ2n) is 5.69. The summed E-state index contributed by atoms with van der Waals surface area (Å²) in [5, 5.41) is 4.37. The third-order valence-corrected chi connectivity index (χ3v) is 3.62. The summed E-state index contributed by atoms with van der Waals surface area (Å²) >= 11 is 0. The summed E-state index contributed by atoms with van der Waals surface area (Å²) in [6.45, 7) is 6.83. The topological polar surface area (TPSA) is 62.8 Å². The predicted molar refractivity (Wildman–Crippen MR) is 93.5 cm³/mol. The van der Waals surface area contributed by atoms with E-state index in [2.05, 4.69) is 33.3 Å². The fourth-order valence-electron chi connectivity index (χ4n) is 2.45. The van der Waals surface area contributed by atoms with E-state index >= 15 is 0 Å². The van der Waals surface area contributed by atoms with Gasteiger partial charge in [-0.1, -0.05) is 13.3 Å². The molecular formula is C18H22N4O. The average molecular weight is 310 g/mol. The summed E-state index contributed by atoms with van der Waals surface area (Å²) in [4.78, 5) is 12.2. The van der Waals surface area contributed by atoms with Crippen molar-refractivity contribution in [1.29, 1.82) is 0 Å². The predicted octanol–water partition coefficient (Wildman–Crippen LogP) is 4.50. The number of unbranched alkanes of at least 4 members (excludes halogenated alkanes) is 1. The first-order valence-electron chi connectivity index (χ1n) is 7.99. The van der Waals surface area contributed by atoms with Crippen molar-refractivity contribution in [2.45, 2.75) is 33.6 Å². The second-order valence-corrected chi connectivity index (χ2v) is 5.69. The number of hydrogen-bond donors (Lipinski definition) is 2. The number of ether oxygens (including phenoxy) is 1. The maximum absolute atomic E-state index is 5.69. The quantitative estimate of drug-likeness (QED) is 0.658. The van der Waals surface area contributed by atoms with Crippen LogP contribution in [0.1, 0.15) is 31.3 Å². The van der Waals surface area contributed by atoms with Crippen molar-refractivity contribution in [3.05, 3.63) is 41.9 Å². The molecule has 5 nitrogen and oxygen atoms in total. The molecule has 0 amide bonds. The Labute approximate surface area is 136 Å². The molecule has 2 N–H and O–H groups in total. The van der Waals surface area contributed by atoms with E-state index in [1.807, 2.05) is 38.1 Å². The minimum atomic E-state index is 0.737. The number of H-pyrrole nitrogens is 1. The Bertz CT molecular complexity index is 793. The van der Waals surface area contributed by atoms with Gasteiger partial charge < -0.3 is 15.0 Å². The van der Waals surface area contributed by atoms with Crippen LogP contribution < -0.4 is 10.1 Å². The van der Waals surface area contributed by atoms with Crippen molar-refractivity contribution in [3.63, 3.8) is 0 Å². The SMILES string of the molecule is CCCCOc1ccc(Nc2nc(C)nc3[nH]c(C)cc23)cc1. The van der Waals surface area contributed by atoms with Crippen LogP contribution in [0.3, 0.4) is 0 Å². The number of benzene rings is 1. The largest absolute Gasteiger partial charge is 0.494 e. The molecule has 0 spiro atoms. The number of nitrogens with zero attached hydrogens (tertiary/aromatic N) is 2. The minimum Gasteiger partial charge on any atom is -0.494 e. The molecule has 0 unspecified atom stereocenters. The van der Waals surface area contributed by atoms with E-state index in [-0.39, 0.29) is 0 Å². The number of nitrogens with one attached hydrogen (secondary N) is 2. The van der Waals surface area contributed by atoms with Gasteiger partial charge in [-0.3, -0.25) is 0 Å². The molecule has 0 aliphatic rings. The third kappa shape index (κ3) is 3.62. The standard InChI is InChI=1S/C18H22N4O/c1-4-5-10-23-15-8-6-14(7-9-15)22-18-16-11-12(2)19-17(16)20-13(3)21-18/h6-9,11H,4-5,10H2,1-3H3,(H2,19,20,21,22). The number of anilines is 2. The van der Waals surface area contributed by atoms with Crippen molar-refractivity contribution in [1.82, 2.24) is 15.0 Å². The summed E-state index contributed by atoms with van der Waals surface area (Å²) in [5.74, 6) is 2.45. The van der Waals surface area contributed by atoms with Crippen LogP contribution in [0.25, 0.3) is 11.0 Å². The fraction of sp³-hybridized carbons (Fsp3) is 0.333. The monoisotopic (exact) mass is 310 g/mol. The smallest absolute Gasteiger partial charge is 0.143 e. The number of aromatic amines is 1. The first kappa shape index (κ1) is 15.3. The molecule has 3 rings (SSSR count). The van der Waals surface area contributed by atoms with Gasteiger partial charge in [0.25, 0.3) is 0 Å². The summed E-state index contributed by atoms with van der Waals surface area (Å²) in [5.41, 5.74) is 2.91. The van der Waals surface area contributed by atoms with Gasteiger partial charge in [0, 0.05) is 11.4 Å². The summed E-state index contributed by atoms with van der Waals surface area (Å²) in [6, 6.07) is 10.0. The van der Waals surface area contributed by atoms with Gasteiger partial charge in [0.15, 0.2) is 0 Å². The van der Waals surface area contributed by atoms with Gasteiger partial charge in [-0.2, -0.15) is 0 Å². The zero-order valence-corrected chi connectivity index (χ0v) is 13.8. The van der Waals surface area contributed by atoms with Gasteiger partial charge in [0.05, 0.1) is 12.0 Å². The molecule has 2 heterocycles. The maximum Gasteiger partial charge on any atom is 0.143 e. The molecule has 5 heteroatoms. The lowest BCUT2D eigenvalue weighted by atomic mass is 10.2. The molecule has 23 heavy (non-hydrogen) atoms. The van der Waals surface area contributed by atoms with Gasteiger partial charge in [0.2, 0.25) is 0 Å². The van der Waals surface area contributed by atoms with Crippen molar-refractivity contribution < 1.29 is 4.74 Å². The van der Waals surface area contributed by atoms with Crippen LogP contribution in [0.5, 0.6) is 5.75 Å². The summed E-state index contributed by atoms with van der Waals surface area (Å²) in [7, 11) is 0. The molecule has 0 saturated carbocycles. The Morgan fingerprint density at radius 3 is 2.65 bits per heavy atom. The van der Waals surface area contributed by atoms with E-state index in [9.17, 15) is 0 Å². The van der Waals surface area contributed by atoms with Gasteiger partial charge in [0.1, 0.15) is 23.0 Å². The van der Waals surface area contributed by atoms with Gasteiger partial charge >= 0.3 is 0 Å². The highest BCUT2D eigenvalue weighted by atomic mass is 16.5. The van der Waals surface area contributed by atoms with E-state index in [4.69, 9.17) is 4.74 Å². The molecule has 0 aliphatic carbocycles. The molecule has 2 aromatic heterocycles. The Kier molecular flexibility index (Phi) is 4.46. The molecule has 1 aromatic carbocycles. The van der Waals surface area contributed by atoms with Crippen molar-refractivity contribution >= 4 is 22.5 Å². The van der Waals surface area contributed by atoms with Gasteiger partial charge in [-0.05, 0) is 50.6 Å². The van der Waals surface area contributed by atoms with Gasteiger partial charge in [-0.15, -0.1) is 0 Å². The molecule has 120 valence electrons. The van der Waals surface area contributed by atoms with Crippen molar-refractivity contribution in [2.24, 2.45) is 0 Å². The minimum absolute atomic E-state index is 0.737. The van der Waals surface area contributed by atoms with Crippen molar-refractivity contribution in [3.8, 4) is 5.75 Å². The van der Waals surface area contributed by atoms with E-state index in [1.165, 1.54) is 0 Å². The zero-order chi connectivity index (χ0) is 16.2. The summed E-state index contributed by atoms with van der Waals surface area (Å²) in [6.07, 6.45) is 2.21. The number of aromatic nitrogens is 3. The Hall–Kier alpha value is -2.56. The molecule has 0 aliphatic heterocycles. The Morgan fingerprint density at radius 1 is 1.13 bits per heavy atom. The van der Waals surface area contributed by atoms with Crippen LogP contribution in [0, 0.1) is 13.8 Å². The Morgan fingerprint density at radius 2 is 1.91 bits per heavy atom. The normalized spacial score (nSPS) is 10.9. The highest BCUT2D eigenvalue weighted by Gasteiger charge is 2.08. The molecule has 0 fully saturated rings. The van der Waals surface area contributed by atoms with Crippen LogP contribution in [0.2, 0.25) is 0 Å². The molecule has 0 radical (unpaired) electrons. The molecule has 3 aromatic rings. The van der Waals surface area contributed by atoms with Crippen LogP contribution in [-0.4, -0.2) is 21.6 Å². The highest BCUT2D eigenvalue weighted by molar-refractivity contribution is 5.89. The zero-order valence-electron chi connectivity index (χ0n) is 13.8. The molecule has 0 saturated heterocycles. The molecular weight excluding hydrogens is 288 g/mol. The lowest BCUT2D eigenvalue weighted by Gasteiger charge is -2.09. The number of hydrogen-bond acceptors (Lipinski definition) is 4. The van der Waals surface area contributed by atoms with Crippen LogP contribution >= 0.6 is 0 Å². The first-order chi connectivity index (χ1) is 11.2. The third-order valence-electron chi connectivity index (χ3n) is 3.62. The van der Waals surface area contributed by atoms with Crippen LogP contribution in [0.4, 0.5) is 11.5 Å². The van der Waals surface area contributed by atoms with E-state index in [0.29, 0.717) is 0 Å². The fourth-order valence-corrected chi connectivity index (χ4v) is 2.45. The number of aryl methyl sites for hydroxylation is 2. The van der Waals surface area contributed by atoms with Crippen molar-refractivity contribution in [2.75, 3.05) is 11.9 Å². The number of rotatable bonds is 6. The Balaban J connectivity index is 1.79. The van der Waals surface area contributed by atoms with Crippen LogP contribution in [-0.2, 0) is 0 Å². The molecule has 0 atom stereocenters. The highest BCUT2D eigenvalue weighted by Crippen LogP contribution is 2.25. The maximum atomic E-state index is 5.69. The van der Waals surface area contributed by atoms with Gasteiger partial charge in [-0.25, -0.2) is 9.97 Å². The number of fused-ring (bicyclic) bond motifs is 1.